The summed E-state index contributed by atoms with van der Waals surface area (Å²) in [5, 5.41) is 0.570. The van der Waals surface area contributed by atoms with Crippen LogP contribution in [-0.2, 0) is 0 Å². The standard InChI is InChI=1S/C13H19NOS/c1-15-11-6-4-5-10(9-11)13(14)12-7-2-3-8-16-12/h4-6,9,12-13H,2-3,7-8,14H2,1H3. The van der Waals surface area contributed by atoms with Gasteiger partial charge in [0.05, 0.1) is 7.11 Å². The molecular formula is C13H19NOS. The second-order valence-corrected chi connectivity index (χ2v) is 5.55. The first-order valence-corrected chi connectivity index (χ1v) is 6.87. The van der Waals surface area contributed by atoms with E-state index in [1.807, 2.05) is 23.9 Å². The number of ether oxygens (including phenoxy) is 1. The summed E-state index contributed by atoms with van der Waals surface area (Å²) in [6, 6.07) is 8.27. The van der Waals surface area contributed by atoms with Crippen LogP contribution in [0.15, 0.2) is 24.3 Å². The maximum atomic E-state index is 6.32. The van der Waals surface area contributed by atoms with Crippen molar-refractivity contribution in [1.82, 2.24) is 0 Å². The molecule has 2 unspecified atom stereocenters. The molecule has 0 saturated carbocycles. The first-order chi connectivity index (χ1) is 7.81. The lowest BCUT2D eigenvalue weighted by Crippen LogP contribution is -2.26. The van der Waals surface area contributed by atoms with Crippen LogP contribution in [0, 0.1) is 0 Å². The van der Waals surface area contributed by atoms with E-state index in [9.17, 15) is 0 Å². The van der Waals surface area contributed by atoms with Crippen molar-refractivity contribution in [1.29, 1.82) is 0 Å². The molecule has 1 heterocycles. The summed E-state index contributed by atoms with van der Waals surface area (Å²) < 4.78 is 5.23. The van der Waals surface area contributed by atoms with Gasteiger partial charge in [0.15, 0.2) is 0 Å². The van der Waals surface area contributed by atoms with E-state index in [4.69, 9.17) is 10.5 Å². The molecule has 0 aromatic heterocycles. The highest BCUT2D eigenvalue weighted by atomic mass is 32.2. The molecule has 3 heteroatoms. The molecule has 2 nitrogen and oxygen atoms in total. The van der Waals surface area contributed by atoms with Crippen LogP contribution in [0.4, 0.5) is 0 Å². The molecule has 1 aromatic rings. The van der Waals surface area contributed by atoms with E-state index in [0.29, 0.717) is 5.25 Å². The van der Waals surface area contributed by atoms with Crippen molar-refractivity contribution in [3.05, 3.63) is 29.8 Å². The zero-order chi connectivity index (χ0) is 11.4. The lowest BCUT2D eigenvalue weighted by atomic mass is 10.0. The van der Waals surface area contributed by atoms with Gasteiger partial charge in [-0.15, -0.1) is 0 Å². The second kappa shape index (κ2) is 5.60. The molecule has 2 rings (SSSR count). The van der Waals surface area contributed by atoms with Crippen molar-refractivity contribution >= 4 is 11.8 Å². The van der Waals surface area contributed by atoms with Crippen LogP contribution in [0.5, 0.6) is 5.75 Å². The van der Waals surface area contributed by atoms with Crippen LogP contribution in [0.2, 0.25) is 0 Å². The summed E-state index contributed by atoms with van der Waals surface area (Å²) in [4.78, 5) is 0. The Morgan fingerprint density at radius 2 is 2.31 bits per heavy atom. The van der Waals surface area contributed by atoms with Crippen LogP contribution < -0.4 is 10.5 Å². The van der Waals surface area contributed by atoms with Gasteiger partial charge in [-0.3, -0.25) is 0 Å². The lowest BCUT2D eigenvalue weighted by molar-refractivity contribution is 0.413. The molecule has 0 bridgehead atoms. The van der Waals surface area contributed by atoms with E-state index in [-0.39, 0.29) is 6.04 Å². The summed E-state index contributed by atoms with van der Waals surface area (Å²) in [5.74, 6) is 2.15. The minimum absolute atomic E-state index is 0.139. The van der Waals surface area contributed by atoms with E-state index in [2.05, 4.69) is 12.1 Å². The van der Waals surface area contributed by atoms with Crippen molar-refractivity contribution in [3.63, 3.8) is 0 Å². The molecule has 0 radical (unpaired) electrons. The first kappa shape index (κ1) is 11.8. The first-order valence-electron chi connectivity index (χ1n) is 5.82. The lowest BCUT2D eigenvalue weighted by Gasteiger charge is -2.27. The molecule has 1 aliphatic rings. The van der Waals surface area contributed by atoms with Gasteiger partial charge in [0, 0.05) is 11.3 Å². The van der Waals surface area contributed by atoms with Crippen molar-refractivity contribution in [3.8, 4) is 5.75 Å². The molecule has 2 atom stereocenters. The Morgan fingerprint density at radius 3 is 3.00 bits per heavy atom. The highest BCUT2D eigenvalue weighted by molar-refractivity contribution is 8.00. The van der Waals surface area contributed by atoms with Crippen LogP contribution in [-0.4, -0.2) is 18.1 Å². The third kappa shape index (κ3) is 2.71. The number of methoxy groups -OCH3 is 1. The van der Waals surface area contributed by atoms with Crippen LogP contribution in [0.1, 0.15) is 30.9 Å². The van der Waals surface area contributed by atoms with Crippen molar-refractivity contribution in [2.75, 3.05) is 12.9 Å². The average Bonchev–Trinajstić information content (AvgIpc) is 2.39. The molecule has 88 valence electrons. The molecule has 1 aliphatic heterocycles. The number of thioether (sulfide) groups is 1. The highest BCUT2D eigenvalue weighted by Gasteiger charge is 2.22. The van der Waals surface area contributed by atoms with E-state index >= 15 is 0 Å². The SMILES string of the molecule is COc1cccc(C(N)C2CCCCS2)c1. The molecule has 0 aliphatic carbocycles. The number of nitrogens with two attached hydrogens (primary N) is 1. The van der Waals surface area contributed by atoms with Gasteiger partial charge < -0.3 is 10.5 Å². The Balaban J connectivity index is 2.09. The largest absolute Gasteiger partial charge is 0.497 e. The van der Waals surface area contributed by atoms with E-state index in [1.165, 1.54) is 30.6 Å². The zero-order valence-corrected chi connectivity index (χ0v) is 10.5. The molecule has 0 spiro atoms. The second-order valence-electron chi connectivity index (χ2n) is 4.21. The van der Waals surface area contributed by atoms with Gasteiger partial charge in [0.25, 0.3) is 0 Å². The van der Waals surface area contributed by atoms with E-state index in [1.54, 1.807) is 7.11 Å². The number of benzene rings is 1. The number of hydrogen-bond acceptors (Lipinski definition) is 3. The van der Waals surface area contributed by atoms with Gasteiger partial charge in [0.1, 0.15) is 5.75 Å². The quantitative estimate of drug-likeness (QED) is 0.877. The van der Waals surface area contributed by atoms with Gasteiger partial charge in [-0.1, -0.05) is 18.6 Å². The third-order valence-electron chi connectivity index (χ3n) is 3.09. The molecule has 16 heavy (non-hydrogen) atoms. The Labute approximate surface area is 102 Å². The molecule has 1 aromatic carbocycles. The predicted molar refractivity (Wildman–Crippen MR) is 70.0 cm³/mol. The fraction of sp³-hybridized carbons (Fsp3) is 0.538. The summed E-state index contributed by atoms with van der Waals surface area (Å²) in [6.07, 6.45) is 3.89. The average molecular weight is 237 g/mol. The topological polar surface area (TPSA) is 35.2 Å². The van der Waals surface area contributed by atoms with Crippen LogP contribution in [0.3, 0.4) is 0 Å². The molecule has 0 amide bonds. The Kier molecular flexibility index (Phi) is 4.13. The van der Waals surface area contributed by atoms with Crippen LogP contribution >= 0.6 is 11.8 Å². The van der Waals surface area contributed by atoms with Crippen LogP contribution in [0.25, 0.3) is 0 Å². The Hall–Kier alpha value is -0.670. The fourth-order valence-electron chi connectivity index (χ4n) is 2.11. The fourth-order valence-corrected chi connectivity index (χ4v) is 3.48. The van der Waals surface area contributed by atoms with Crippen molar-refractivity contribution in [2.24, 2.45) is 5.73 Å². The van der Waals surface area contributed by atoms with Crippen molar-refractivity contribution < 1.29 is 4.74 Å². The Bertz CT molecular complexity index is 336. The molecule has 1 fully saturated rings. The minimum Gasteiger partial charge on any atom is -0.497 e. The van der Waals surface area contributed by atoms with Gasteiger partial charge in [-0.2, -0.15) is 11.8 Å². The van der Waals surface area contributed by atoms with Crippen molar-refractivity contribution in [2.45, 2.75) is 30.6 Å². The molecular weight excluding hydrogens is 218 g/mol. The van der Waals surface area contributed by atoms with E-state index in [0.717, 1.165) is 5.75 Å². The van der Waals surface area contributed by atoms with E-state index < -0.39 is 0 Å². The number of hydrogen-bond donors (Lipinski definition) is 1. The molecule has 2 N–H and O–H groups in total. The summed E-state index contributed by atoms with van der Waals surface area (Å²) in [5.41, 5.74) is 7.51. The molecule has 1 saturated heterocycles. The summed E-state index contributed by atoms with van der Waals surface area (Å²) in [6.45, 7) is 0. The van der Waals surface area contributed by atoms with Gasteiger partial charge in [-0.25, -0.2) is 0 Å². The Morgan fingerprint density at radius 1 is 1.44 bits per heavy atom. The summed E-state index contributed by atoms with van der Waals surface area (Å²) >= 11 is 2.01. The predicted octanol–water partition coefficient (Wildman–Crippen LogP) is 2.98. The number of rotatable bonds is 3. The highest BCUT2D eigenvalue weighted by Crippen LogP contribution is 2.34. The minimum atomic E-state index is 0.139. The monoisotopic (exact) mass is 237 g/mol. The van der Waals surface area contributed by atoms with Gasteiger partial charge >= 0.3 is 0 Å². The van der Waals surface area contributed by atoms with Gasteiger partial charge in [-0.05, 0) is 36.3 Å². The van der Waals surface area contributed by atoms with Gasteiger partial charge in [0.2, 0.25) is 0 Å². The normalized spacial score (nSPS) is 22.8. The maximum absolute atomic E-state index is 6.32. The third-order valence-corrected chi connectivity index (χ3v) is 4.58. The summed E-state index contributed by atoms with van der Waals surface area (Å²) in [7, 11) is 1.69. The smallest absolute Gasteiger partial charge is 0.119 e. The zero-order valence-electron chi connectivity index (χ0n) is 9.69. The maximum Gasteiger partial charge on any atom is 0.119 e.